The third-order valence-corrected chi connectivity index (χ3v) is 4.87. The van der Waals surface area contributed by atoms with E-state index in [2.05, 4.69) is 24.8 Å². The number of nitrogens with zero attached hydrogens (tertiary/aromatic N) is 1. The van der Waals surface area contributed by atoms with Crippen LogP contribution in [0.15, 0.2) is 30.4 Å². The lowest BCUT2D eigenvalue weighted by molar-refractivity contribution is 0.289. The van der Waals surface area contributed by atoms with Crippen LogP contribution in [-0.2, 0) is 0 Å². The topological polar surface area (TPSA) is 23.8 Å². The van der Waals surface area contributed by atoms with Gasteiger partial charge in [0.1, 0.15) is 11.9 Å². The fourth-order valence-corrected chi connectivity index (χ4v) is 3.35. The van der Waals surface area contributed by atoms with E-state index in [1.807, 2.05) is 12.1 Å². The molecule has 0 unspecified atom stereocenters. The maximum absolute atomic E-state index is 13.5. The van der Waals surface area contributed by atoms with Crippen molar-refractivity contribution in [3.05, 3.63) is 47.3 Å². The van der Waals surface area contributed by atoms with Crippen LogP contribution in [0.4, 0.5) is 4.39 Å². The Morgan fingerprint density at radius 3 is 2.67 bits per heavy atom. The highest BCUT2D eigenvalue weighted by atomic mass is 19.1. The summed E-state index contributed by atoms with van der Waals surface area (Å²) in [4.78, 5) is 0. The molecule has 1 fully saturated rings. The molecule has 0 heterocycles. The Bertz CT molecular complexity index is 649. The zero-order valence-electron chi connectivity index (χ0n) is 14.5. The molecule has 2 heteroatoms. The molecule has 0 N–H and O–H groups in total. The van der Waals surface area contributed by atoms with Gasteiger partial charge in [0.15, 0.2) is 0 Å². The molecule has 0 atom stereocenters. The van der Waals surface area contributed by atoms with Crippen LogP contribution in [0.5, 0.6) is 0 Å². The lowest BCUT2D eigenvalue weighted by atomic mass is 9.79. The van der Waals surface area contributed by atoms with E-state index < -0.39 is 5.82 Å². The second kappa shape index (κ2) is 9.94. The lowest BCUT2D eigenvalue weighted by Gasteiger charge is -2.26. The Labute approximate surface area is 145 Å². The highest BCUT2D eigenvalue weighted by Crippen LogP contribution is 2.32. The minimum absolute atomic E-state index is 0.0618. The van der Waals surface area contributed by atoms with Crippen molar-refractivity contribution in [3.8, 4) is 17.9 Å². The van der Waals surface area contributed by atoms with Crippen molar-refractivity contribution >= 4 is 0 Å². The normalized spacial score (nSPS) is 20.4. The van der Waals surface area contributed by atoms with Gasteiger partial charge < -0.3 is 0 Å². The second-order valence-corrected chi connectivity index (χ2v) is 6.71. The van der Waals surface area contributed by atoms with Crippen molar-refractivity contribution < 1.29 is 4.39 Å². The fraction of sp³-hybridized carbons (Fsp3) is 0.500. The average Bonchev–Trinajstić information content (AvgIpc) is 2.60. The first-order valence-corrected chi connectivity index (χ1v) is 9.10. The Morgan fingerprint density at radius 2 is 2.00 bits per heavy atom. The Morgan fingerprint density at radius 1 is 1.21 bits per heavy atom. The second-order valence-electron chi connectivity index (χ2n) is 6.71. The molecule has 0 aromatic heterocycles. The Balaban J connectivity index is 1.78. The molecule has 0 radical (unpaired) electrons. The molecule has 0 amide bonds. The van der Waals surface area contributed by atoms with Crippen LogP contribution >= 0.6 is 0 Å². The summed E-state index contributed by atoms with van der Waals surface area (Å²) >= 11 is 0. The van der Waals surface area contributed by atoms with Gasteiger partial charge in [-0.25, -0.2) is 4.39 Å². The Kier molecular flexibility index (Phi) is 7.57. The molecule has 2 rings (SSSR count). The summed E-state index contributed by atoms with van der Waals surface area (Å²) in [6, 6.07) is 6.29. The monoisotopic (exact) mass is 323 g/mol. The highest BCUT2D eigenvalue weighted by Gasteiger charge is 2.18. The number of benzene rings is 1. The summed E-state index contributed by atoms with van der Waals surface area (Å²) < 4.78 is 13.5. The van der Waals surface area contributed by atoms with E-state index in [9.17, 15) is 4.39 Å². The van der Waals surface area contributed by atoms with Gasteiger partial charge >= 0.3 is 0 Å². The summed E-state index contributed by atoms with van der Waals surface area (Å²) in [5.41, 5.74) is 0.669. The number of halogens is 1. The maximum Gasteiger partial charge on any atom is 0.142 e. The predicted molar refractivity (Wildman–Crippen MR) is 96.7 cm³/mol. The predicted octanol–water partition coefficient (Wildman–Crippen LogP) is 5.99. The molecular formula is C22H26FN. The molecule has 1 aromatic carbocycles. The SMILES string of the molecule is CCCCC[C@H]1CC[C@H](C=CC#Cc2ccc(C#N)c(F)c2)CC1. The van der Waals surface area contributed by atoms with Crippen LogP contribution in [0, 0.1) is 40.8 Å². The van der Waals surface area contributed by atoms with Crippen LogP contribution in [0.3, 0.4) is 0 Å². The van der Waals surface area contributed by atoms with Crippen LogP contribution in [0.25, 0.3) is 0 Å². The molecular weight excluding hydrogens is 297 g/mol. The van der Waals surface area contributed by atoms with E-state index in [1.165, 1.54) is 63.5 Å². The molecule has 24 heavy (non-hydrogen) atoms. The zero-order valence-corrected chi connectivity index (χ0v) is 14.5. The first-order valence-electron chi connectivity index (χ1n) is 9.10. The van der Waals surface area contributed by atoms with Crippen molar-refractivity contribution in [1.29, 1.82) is 5.26 Å². The molecule has 0 saturated heterocycles. The number of nitriles is 1. The van der Waals surface area contributed by atoms with E-state index in [4.69, 9.17) is 5.26 Å². The first kappa shape index (κ1) is 18.3. The summed E-state index contributed by atoms with van der Waals surface area (Å²) in [6.45, 7) is 2.26. The van der Waals surface area contributed by atoms with E-state index in [-0.39, 0.29) is 5.56 Å². The van der Waals surface area contributed by atoms with Crippen LogP contribution in [0.2, 0.25) is 0 Å². The van der Waals surface area contributed by atoms with Gasteiger partial charge in [-0.3, -0.25) is 0 Å². The van der Waals surface area contributed by atoms with Crippen molar-refractivity contribution in [2.24, 2.45) is 11.8 Å². The quantitative estimate of drug-likeness (QED) is 0.482. The minimum atomic E-state index is -0.505. The zero-order chi connectivity index (χ0) is 17.2. The maximum atomic E-state index is 13.5. The molecule has 0 aliphatic heterocycles. The number of rotatable bonds is 5. The number of unbranched alkanes of at least 4 members (excludes halogenated alkanes) is 2. The average molecular weight is 323 g/mol. The van der Waals surface area contributed by atoms with E-state index >= 15 is 0 Å². The smallest absolute Gasteiger partial charge is 0.142 e. The van der Waals surface area contributed by atoms with Gasteiger partial charge in [-0.05, 0) is 61.8 Å². The van der Waals surface area contributed by atoms with Gasteiger partial charge in [-0.1, -0.05) is 50.5 Å². The molecule has 1 aromatic rings. The number of allylic oxidation sites excluding steroid dienone is 2. The Hall–Kier alpha value is -2.06. The molecule has 1 nitrogen and oxygen atoms in total. The van der Waals surface area contributed by atoms with Crippen molar-refractivity contribution in [2.45, 2.75) is 58.3 Å². The fourth-order valence-electron chi connectivity index (χ4n) is 3.35. The van der Waals surface area contributed by atoms with Crippen molar-refractivity contribution in [3.63, 3.8) is 0 Å². The largest absolute Gasteiger partial charge is 0.206 e. The number of hydrogen-bond donors (Lipinski definition) is 0. The summed E-state index contributed by atoms with van der Waals surface area (Å²) in [7, 11) is 0. The van der Waals surface area contributed by atoms with Crippen LogP contribution in [0.1, 0.15) is 69.4 Å². The summed E-state index contributed by atoms with van der Waals surface area (Å²) in [5, 5.41) is 8.71. The third-order valence-electron chi connectivity index (χ3n) is 4.87. The van der Waals surface area contributed by atoms with Gasteiger partial charge in [0.25, 0.3) is 0 Å². The molecule has 1 saturated carbocycles. The first-order chi connectivity index (χ1) is 11.7. The van der Waals surface area contributed by atoms with Crippen LogP contribution in [-0.4, -0.2) is 0 Å². The summed E-state index contributed by atoms with van der Waals surface area (Å²) in [6.07, 6.45) is 14.8. The summed E-state index contributed by atoms with van der Waals surface area (Å²) in [5.74, 6) is 6.98. The lowest BCUT2D eigenvalue weighted by Crippen LogP contribution is -2.12. The highest BCUT2D eigenvalue weighted by molar-refractivity contribution is 5.42. The molecule has 126 valence electrons. The standard InChI is InChI=1S/C22H26FN/c1-2-3-4-7-18-10-12-19(13-11-18)8-5-6-9-20-14-15-21(17-24)22(23)16-20/h5,8,14-16,18-19H,2-4,7,10-13H2,1H3/t18-,19-. The number of hydrogen-bond acceptors (Lipinski definition) is 1. The molecule has 1 aliphatic carbocycles. The van der Waals surface area contributed by atoms with Crippen molar-refractivity contribution in [1.82, 2.24) is 0 Å². The van der Waals surface area contributed by atoms with Crippen LogP contribution < -0.4 is 0 Å². The van der Waals surface area contributed by atoms with Gasteiger partial charge in [0.05, 0.1) is 5.56 Å². The molecule has 1 aliphatic rings. The van der Waals surface area contributed by atoms with E-state index in [0.29, 0.717) is 11.5 Å². The van der Waals surface area contributed by atoms with Gasteiger partial charge in [0.2, 0.25) is 0 Å². The third kappa shape index (κ3) is 5.86. The van der Waals surface area contributed by atoms with E-state index in [0.717, 1.165) is 5.92 Å². The molecule has 0 spiro atoms. The van der Waals surface area contributed by atoms with E-state index in [1.54, 1.807) is 6.07 Å². The molecule has 0 bridgehead atoms. The minimum Gasteiger partial charge on any atom is -0.206 e. The van der Waals surface area contributed by atoms with Gasteiger partial charge in [0, 0.05) is 5.56 Å². The van der Waals surface area contributed by atoms with Gasteiger partial charge in [-0.15, -0.1) is 0 Å². The van der Waals surface area contributed by atoms with Gasteiger partial charge in [-0.2, -0.15) is 5.26 Å². The van der Waals surface area contributed by atoms with Crippen molar-refractivity contribution in [2.75, 3.05) is 0 Å².